The van der Waals surface area contributed by atoms with Crippen LogP contribution in [0, 0.1) is 0 Å². The third kappa shape index (κ3) is 3.39. The molecule has 0 spiro atoms. The second kappa shape index (κ2) is 7.10. The summed E-state index contributed by atoms with van der Waals surface area (Å²) < 4.78 is 2.17. The number of amides is 1. The van der Waals surface area contributed by atoms with Crippen LogP contribution in [0.4, 0.5) is 0 Å². The summed E-state index contributed by atoms with van der Waals surface area (Å²) >= 11 is 0. The van der Waals surface area contributed by atoms with Crippen LogP contribution in [0.2, 0.25) is 0 Å². The Morgan fingerprint density at radius 3 is 2.85 bits per heavy atom. The summed E-state index contributed by atoms with van der Waals surface area (Å²) in [6.07, 6.45) is 3.81. The number of nitrogens with zero attached hydrogens (tertiary/aromatic N) is 1. The summed E-state index contributed by atoms with van der Waals surface area (Å²) in [4.78, 5) is 11.4. The van der Waals surface area contributed by atoms with E-state index in [9.17, 15) is 4.79 Å². The van der Waals surface area contributed by atoms with Gasteiger partial charge < -0.3 is 15.2 Å². The normalized spacial score (nSPS) is 10.9. The molecule has 0 fully saturated rings. The summed E-state index contributed by atoms with van der Waals surface area (Å²) in [5, 5.41) is 7.38. The number of hydrogen-bond acceptors (Lipinski definition) is 2. The zero-order valence-electron chi connectivity index (χ0n) is 12.3. The molecule has 0 aliphatic rings. The minimum atomic E-state index is 0.0773. The van der Waals surface area contributed by atoms with Gasteiger partial charge in [0.15, 0.2) is 0 Å². The number of carbonyl (C=O) groups is 1. The van der Waals surface area contributed by atoms with Gasteiger partial charge in [-0.05, 0) is 24.6 Å². The van der Waals surface area contributed by atoms with Crippen LogP contribution in [0.25, 0.3) is 10.9 Å². The first-order valence-electron chi connectivity index (χ1n) is 7.24. The number of benzene rings is 1. The second-order valence-corrected chi connectivity index (χ2v) is 4.96. The highest BCUT2D eigenvalue weighted by molar-refractivity contribution is 5.84. The van der Waals surface area contributed by atoms with E-state index in [0.29, 0.717) is 13.0 Å². The summed E-state index contributed by atoms with van der Waals surface area (Å²) in [5.41, 5.74) is 2.50. The molecule has 0 saturated carbocycles. The molecular formula is C16H23N3O. The summed E-state index contributed by atoms with van der Waals surface area (Å²) in [6, 6.07) is 8.37. The Morgan fingerprint density at radius 1 is 1.30 bits per heavy atom. The first-order chi connectivity index (χ1) is 9.76. The fourth-order valence-corrected chi connectivity index (χ4v) is 2.40. The van der Waals surface area contributed by atoms with Crippen molar-refractivity contribution in [3.8, 4) is 0 Å². The molecule has 20 heavy (non-hydrogen) atoms. The van der Waals surface area contributed by atoms with E-state index >= 15 is 0 Å². The van der Waals surface area contributed by atoms with Crippen LogP contribution < -0.4 is 10.6 Å². The maximum atomic E-state index is 11.4. The van der Waals surface area contributed by atoms with Crippen molar-refractivity contribution in [2.75, 3.05) is 13.6 Å². The SMILES string of the molecule is CCCNCc1cn(CCC(=O)NC)c2ccccc12. The van der Waals surface area contributed by atoms with Gasteiger partial charge in [0.2, 0.25) is 5.91 Å². The lowest BCUT2D eigenvalue weighted by molar-refractivity contribution is -0.120. The fraction of sp³-hybridized carbons (Fsp3) is 0.438. The predicted molar refractivity (Wildman–Crippen MR) is 82.6 cm³/mol. The number of carbonyl (C=O) groups excluding carboxylic acids is 1. The van der Waals surface area contributed by atoms with Gasteiger partial charge in [-0.1, -0.05) is 25.1 Å². The van der Waals surface area contributed by atoms with Crippen LogP contribution in [0.15, 0.2) is 30.5 Å². The molecule has 0 aliphatic carbocycles. The summed E-state index contributed by atoms with van der Waals surface area (Å²) in [5.74, 6) is 0.0773. The van der Waals surface area contributed by atoms with Crippen molar-refractivity contribution < 1.29 is 4.79 Å². The topological polar surface area (TPSA) is 46.1 Å². The van der Waals surface area contributed by atoms with Gasteiger partial charge in [-0.3, -0.25) is 4.79 Å². The van der Waals surface area contributed by atoms with Crippen molar-refractivity contribution in [3.05, 3.63) is 36.0 Å². The fourth-order valence-electron chi connectivity index (χ4n) is 2.40. The molecule has 2 aromatic rings. The summed E-state index contributed by atoms with van der Waals surface area (Å²) in [6.45, 7) is 4.78. The van der Waals surface area contributed by atoms with Crippen LogP contribution in [0.1, 0.15) is 25.3 Å². The number of rotatable bonds is 7. The molecule has 0 radical (unpaired) electrons. The summed E-state index contributed by atoms with van der Waals surface area (Å²) in [7, 11) is 1.68. The lowest BCUT2D eigenvalue weighted by Gasteiger charge is -2.04. The molecule has 4 nitrogen and oxygen atoms in total. The van der Waals surface area contributed by atoms with E-state index in [0.717, 1.165) is 19.5 Å². The van der Waals surface area contributed by atoms with Crippen molar-refractivity contribution >= 4 is 16.8 Å². The molecule has 1 heterocycles. The van der Waals surface area contributed by atoms with E-state index in [-0.39, 0.29) is 5.91 Å². The van der Waals surface area contributed by atoms with Crippen molar-refractivity contribution in [2.24, 2.45) is 0 Å². The number of para-hydroxylation sites is 1. The number of hydrogen-bond donors (Lipinski definition) is 2. The molecule has 1 amide bonds. The molecule has 0 atom stereocenters. The largest absolute Gasteiger partial charge is 0.359 e. The molecule has 0 unspecified atom stereocenters. The third-order valence-electron chi connectivity index (χ3n) is 3.47. The average molecular weight is 273 g/mol. The molecule has 1 aromatic heterocycles. The lowest BCUT2D eigenvalue weighted by atomic mass is 10.2. The van der Waals surface area contributed by atoms with Crippen molar-refractivity contribution in [3.63, 3.8) is 0 Å². The number of aromatic nitrogens is 1. The van der Waals surface area contributed by atoms with Crippen molar-refractivity contribution in [2.45, 2.75) is 32.9 Å². The van der Waals surface area contributed by atoms with E-state index in [1.54, 1.807) is 7.05 Å². The van der Waals surface area contributed by atoms with E-state index < -0.39 is 0 Å². The van der Waals surface area contributed by atoms with Crippen LogP contribution >= 0.6 is 0 Å². The quantitative estimate of drug-likeness (QED) is 0.760. The Hall–Kier alpha value is -1.81. The molecule has 2 N–H and O–H groups in total. The number of aryl methyl sites for hydroxylation is 1. The van der Waals surface area contributed by atoms with Crippen molar-refractivity contribution in [1.82, 2.24) is 15.2 Å². The standard InChI is InChI=1S/C16H23N3O/c1-3-9-18-11-13-12-19(10-8-16(20)17-2)15-7-5-4-6-14(13)15/h4-7,12,18H,3,8-11H2,1-2H3,(H,17,20). The molecule has 0 aliphatic heterocycles. The minimum absolute atomic E-state index is 0.0773. The maximum absolute atomic E-state index is 11.4. The first-order valence-corrected chi connectivity index (χ1v) is 7.24. The van der Waals surface area contributed by atoms with Gasteiger partial charge >= 0.3 is 0 Å². The molecule has 1 aromatic carbocycles. The Balaban J connectivity index is 2.19. The zero-order valence-corrected chi connectivity index (χ0v) is 12.3. The molecule has 108 valence electrons. The molecule has 0 bridgehead atoms. The van der Waals surface area contributed by atoms with Crippen LogP contribution in [-0.2, 0) is 17.9 Å². The second-order valence-electron chi connectivity index (χ2n) is 4.96. The Bertz CT molecular complexity index is 574. The van der Waals surface area contributed by atoms with Gasteiger partial charge in [0.25, 0.3) is 0 Å². The van der Waals surface area contributed by atoms with Crippen molar-refractivity contribution in [1.29, 1.82) is 0 Å². The van der Waals surface area contributed by atoms with Gasteiger partial charge in [-0.25, -0.2) is 0 Å². The van der Waals surface area contributed by atoms with E-state index in [1.165, 1.54) is 16.5 Å². The number of nitrogens with one attached hydrogen (secondary N) is 2. The maximum Gasteiger partial charge on any atom is 0.221 e. The third-order valence-corrected chi connectivity index (χ3v) is 3.47. The van der Waals surface area contributed by atoms with E-state index in [1.807, 2.05) is 6.07 Å². The Labute approximate surface area is 120 Å². The number of fused-ring (bicyclic) bond motifs is 1. The Kier molecular flexibility index (Phi) is 5.18. The van der Waals surface area contributed by atoms with Gasteiger partial charge in [-0.15, -0.1) is 0 Å². The van der Waals surface area contributed by atoms with Gasteiger partial charge in [-0.2, -0.15) is 0 Å². The lowest BCUT2D eigenvalue weighted by Crippen LogP contribution is -2.19. The monoisotopic (exact) mass is 273 g/mol. The molecule has 4 heteroatoms. The first kappa shape index (κ1) is 14.6. The van der Waals surface area contributed by atoms with Crippen LogP contribution in [0.3, 0.4) is 0 Å². The smallest absolute Gasteiger partial charge is 0.221 e. The van der Waals surface area contributed by atoms with Gasteiger partial charge in [0, 0.05) is 43.7 Å². The van der Waals surface area contributed by atoms with E-state index in [4.69, 9.17) is 0 Å². The zero-order chi connectivity index (χ0) is 14.4. The van der Waals surface area contributed by atoms with Crippen LogP contribution in [0.5, 0.6) is 0 Å². The van der Waals surface area contributed by atoms with Gasteiger partial charge in [0.1, 0.15) is 0 Å². The molecule has 0 saturated heterocycles. The minimum Gasteiger partial charge on any atom is -0.359 e. The Morgan fingerprint density at radius 2 is 2.10 bits per heavy atom. The van der Waals surface area contributed by atoms with Crippen LogP contribution in [-0.4, -0.2) is 24.1 Å². The predicted octanol–water partition coefficient (Wildman–Crippen LogP) is 2.28. The highest BCUT2D eigenvalue weighted by atomic mass is 16.1. The molecule has 2 rings (SSSR count). The van der Waals surface area contributed by atoms with Gasteiger partial charge in [0.05, 0.1) is 0 Å². The highest BCUT2D eigenvalue weighted by Crippen LogP contribution is 2.21. The van der Waals surface area contributed by atoms with E-state index in [2.05, 4.69) is 46.5 Å². The highest BCUT2D eigenvalue weighted by Gasteiger charge is 2.08. The molecular weight excluding hydrogens is 250 g/mol. The average Bonchev–Trinajstić information content (AvgIpc) is 2.83.